The van der Waals surface area contributed by atoms with Crippen molar-refractivity contribution in [2.75, 3.05) is 19.6 Å². The highest BCUT2D eigenvalue weighted by molar-refractivity contribution is 6.07. The minimum Gasteiger partial charge on any atom is -0.503 e. The second kappa shape index (κ2) is 10.5. The molecule has 8 nitrogen and oxygen atoms in total. The summed E-state index contributed by atoms with van der Waals surface area (Å²) in [6, 6.07) is 10.4. The number of likely N-dealkylation sites (tertiary alicyclic amines) is 1. The van der Waals surface area contributed by atoms with E-state index in [0.29, 0.717) is 31.8 Å². The first-order valence-electron chi connectivity index (χ1n) is 12.4. The van der Waals surface area contributed by atoms with E-state index in [1.165, 1.54) is 5.56 Å². The number of nitrogens with one attached hydrogen (secondary N) is 1. The monoisotopic (exact) mass is 469 g/mol. The Balaban J connectivity index is 1.27. The number of piperidine rings is 1. The van der Waals surface area contributed by atoms with Crippen LogP contribution < -0.4 is 5.32 Å². The van der Waals surface area contributed by atoms with Gasteiger partial charge in [0, 0.05) is 25.2 Å². The lowest BCUT2D eigenvalue weighted by Crippen LogP contribution is -2.48. The molecule has 2 aliphatic heterocycles. The summed E-state index contributed by atoms with van der Waals surface area (Å²) in [5, 5.41) is 13.5. The lowest BCUT2D eigenvalue weighted by Gasteiger charge is -2.36. The van der Waals surface area contributed by atoms with Crippen LogP contribution in [0.15, 0.2) is 41.7 Å². The summed E-state index contributed by atoms with van der Waals surface area (Å²) in [6.07, 6.45) is 4.41. The molecule has 1 aromatic carbocycles. The van der Waals surface area contributed by atoms with E-state index >= 15 is 0 Å². The number of hydrogen-bond acceptors (Lipinski definition) is 5. The lowest BCUT2D eigenvalue weighted by molar-refractivity contribution is -0.130. The topological polar surface area (TPSA) is 99.2 Å². The summed E-state index contributed by atoms with van der Waals surface area (Å²) >= 11 is 0. The van der Waals surface area contributed by atoms with Gasteiger partial charge >= 0.3 is 6.09 Å². The summed E-state index contributed by atoms with van der Waals surface area (Å²) in [5.74, 6) is -0.790. The molecule has 8 heteroatoms. The molecule has 3 amide bonds. The highest BCUT2D eigenvalue weighted by Gasteiger charge is 2.40. The molecule has 0 radical (unpaired) electrons. The molecule has 2 N–H and O–H groups in total. The molecule has 0 atom stereocenters. The molecule has 2 heterocycles. The van der Waals surface area contributed by atoms with Gasteiger partial charge in [-0.1, -0.05) is 30.3 Å². The molecule has 1 aliphatic carbocycles. The average Bonchev–Trinajstić information content (AvgIpc) is 3.14. The Bertz CT molecular complexity index is 929. The van der Waals surface area contributed by atoms with Crippen molar-refractivity contribution in [2.24, 2.45) is 0 Å². The maximum Gasteiger partial charge on any atom is 0.410 e. The third kappa shape index (κ3) is 5.37. The fraction of sp³-hybridized carbons (Fsp3) is 0.577. The van der Waals surface area contributed by atoms with Crippen molar-refractivity contribution in [1.82, 2.24) is 15.1 Å². The molecule has 0 aromatic heterocycles. The number of carbonyl (C=O) groups is 3. The van der Waals surface area contributed by atoms with Crippen LogP contribution in [0.1, 0.15) is 63.9 Å². The zero-order chi connectivity index (χ0) is 24.2. The number of rotatable bonds is 5. The van der Waals surface area contributed by atoms with Crippen LogP contribution in [-0.2, 0) is 14.3 Å². The van der Waals surface area contributed by atoms with Crippen molar-refractivity contribution in [1.29, 1.82) is 0 Å². The average molecular weight is 470 g/mol. The number of aliphatic hydroxyl groups excluding tert-OH is 1. The Morgan fingerprint density at radius 3 is 2.29 bits per heavy atom. The molecule has 4 rings (SSSR count). The van der Waals surface area contributed by atoms with Crippen molar-refractivity contribution in [3.8, 4) is 0 Å². The van der Waals surface area contributed by atoms with Crippen molar-refractivity contribution in [2.45, 2.75) is 76.5 Å². The lowest BCUT2D eigenvalue weighted by atomic mass is 9.82. The van der Waals surface area contributed by atoms with Crippen LogP contribution in [0, 0.1) is 0 Å². The molecular formula is C26H35N3O5. The normalized spacial score (nSPS) is 24.0. The van der Waals surface area contributed by atoms with Crippen molar-refractivity contribution in [3.05, 3.63) is 47.2 Å². The molecule has 2 fully saturated rings. The Hall–Kier alpha value is -3.03. The van der Waals surface area contributed by atoms with Crippen molar-refractivity contribution >= 4 is 17.9 Å². The van der Waals surface area contributed by atoms with E-state index in [2.05, 4.69) is 29.6 Å². The molecular weight excluding hydrogens is 434 g/mol. The number of hydrogen-bond donors (Lipinski definition) is 2. The van der Waals surface area contributed by atoms with E-state index in [1.54, 1.807) is 9.80 Å². The highest BCUT2D eigenvalue weighted by atomic mass is 16.6. The molecule has 0 unspecified atom stereocenters. The van der Waals surface area contributed by atoms with E-state index < -0.39 is 11.7 Å². The van der Waals surface area contributed by atoms with E-state index in [1.807, 2.05) is 19.9 Å². The van der Waals surface area contributed by atoms with Gasteiger partial charge in [0.25, 0.3) is 11.8 Å². The zero-order valence-electron chi connectivity index (χ0n) is 20.0. The van der Waals surface area contributed by atoms with E-state index in [4.69, 9.17) is 4.74 Å². The van der Waals surface area contributed by atoms with Crippen molar-refractivity contribution < 1.29 is 24.2 Å². The molecule has 184 valence electrons. The van der Waals surface area contributed by atoms with Crippen LogP contribution in [0.4, 0.5) is 4.79 Å². The van der Waals surface area contributed by atoms with Gasteiger partial charge < -0.3 is 25.0 Å². The smallest absolute Gasteiger partial charge is 0.410 e. The number of carbonyl (C=O) groups excluding carboxylic acids is 3. The van der Waals surface area contributed by atoms with Gasteiger partial charge in [-0.2, -0.15) is 0 Å². The zero-order valence-corrected chi connectivity index (χ0v) is 20.0. The second-order valence-electron chi connectivity index (χ2n) is 9.84. The molecule has 0 spiro atoms. The fourth-order valence-corrected chi connectivity index (χ4v) is 5.26. The fourth-order valence-electron chi connectivity index (χ4n) is 5.26. The molecule has 3 aliphatic rings. The first-order valence-corrected chi connectivity index (χ1v) is 12.4. The second-order valence-corrected chi connectivity index (χ2v) is 9.84. The van der Waals surface area contributed by atoms with Gasteiger partial charge in [-0.3, -0.25) is 9.59 Å². The minimum absolute atomic E-state index is 0.0483. The first kappa shape index (κ1) is 24.1. The molecule has 34 heavy (non-hydrogen) atoms. The number of amides is 3. The summed E-state index contributed by atoms with van der Waals surface area (Å²) in [4.78, 5) is 40.9. The standard InChI is InChI=1S/C26H35N3O5/c1-17(2)34-26(33)28-14-12-21(13-15-28)29-16-22(23(30)25(29)32)24(31)27-20-10-8-19(9-11-20)18-6-4-3-5-7-18/h3-7,17,19-21,30H,8-16H2,1-2H3,(H,27,31). The summed E-state index contributed by atoms with van der Waals surface area (Å²) in [6.45, 7) is 4.68. The minimum atomic E-state index is -0.499. The molecule has 1 saturated heterocycles. The predicted octanol–water partition coefficient (Wildman–Crippen LogP) is 3.49. The highest BCUT2D eigenvalue weighted by Crippen LogP contribution is 2.33. The van der Waals surface area contributed by atoms with Crippen LogP contribution in [0.25, 0.3) is 0 Å². The Morgan fingerprint density at radius 1 is 1.03 bits per heavy atom. The van der Waals surface area contributed by atoms with Gasteiger partial charge in [0.2, 0.25) is 0 Å². The molecule has 1 saturated carbocycles. The van der Waals surface area contributed by atoms with Gasteiger partial charge in [-0.25, -0.2) is 4.79 Å². The number of benzene rings is 1. The Labute approximate surface area is 200 Å². The van der Waals surface area contributed by atoms with Crippen LogP contribution in [0.5, 0.6) is 0 Å². The Morgan fingerprint density at radius 2 is 1.68 bits per heavy atom. The van der Waals surface area contributed by atoms with Gasteiger partial charge in [-0.15, -0.1) is 0 Å². The number of nitrogens with zero attached hydrogens (tertiary/aromatic N) is 2. The van der Waals surface area contributed by atoms with Crippen LogP contribution >= 0.6 is 0 Å². The van der Waals surface area contributed by atoms with Crippen LogP contribution in [0.2, 0.25) is 0 Å². The molecule has 1 aromatic rings. The maximum absolute atomic E-state index is 12.9. The van der Waals surface area contributed by atoms with Crippen LogP contribution in [0.3, 0.4) is 0 Å². The van der Waals surface area contributed by atoms with Gasteiger partial charge in [0.05, 0.1) is 18.2 Å². The quantitative estimate of drug-likeness (QED) is 0.688. The predicted molar refractivity (Wildman–Crippen MR) is 127 cm³/mol. The molecule has 0 bridgehead atoms. The third-order valence-electron chi connectivity index (χ3n) is 7.19. The summed E-state index contributed by atoms with van der Waals surface area (Å²) in [7, 11) is 0. The van der Waals surface area contributed by atoms with Gasteiger partial charge in [0.15, 0.2) is 5.76 Å². The third-order valence-corrected chi connectivity index (χ3v) is 7.19. The summed E-state index contributed by atoms with van der Waals surface area (Å²) < 4.78 is 5.25. The maximum atomic E-state index is 12.9. The van der Waals surface area contributed by atoms with E-state index in [-0.39, 0.29) is 42.3 Å². The SMILES string of the molecule is CC(C)OC(=O)N1CCC(N2CC(C(=O)NC3CCC(c4ccccc4)CC3)=C(O)C2=O)CC1. The van der Waals surface area contributed by atoms with Crippen molar-refractivity contribution in [3.63, 3.8) is 0 Å². The Kier molecular flexibility index (Phi) is 7.44. The van der Waals surface area contributed by atoms with Gasteiger partial charge in [-0.05, 0) is 63.9 Å². The number of aliphatic hydroxyl groups is 1. The van der Waals surface area contributed by atoms with Crippen LogP contribution in [-0.4, -0.2) is 70.6 Å². The largest absolute Gasteiger partial charge is 0.503 e. The first-order chi connectivity index (χ1) is 16.3. The van der Waals surface area contributed by atoms with E-state index in [0.717, 1.165) is 25.7 Å². The van der Waals surface area contributed by atoms with E-state index in [9.17, 15) is 19.5 Å². The summed E-state index contributed by atoms with van der Waals surface area (Å²) in [5.41, 5.74) is 1.49. The van der Waals surface area contributed by atoms with Gasteiger partial charge in [0.1, 0.15) is 0 Å². The number of ether oxygens (including phenoxy) is 1.